The van der Waals surface area contributed by atoms with Crippen molar-refractivity contribution in [2.24, 2.45) is 0 Å². The number of benzene rings is 2. The van der Waals surface area contributed by atoms with Gasteiger partial charge < -0.3 is 25.6 Å². The SMILES string of the molecule is COCCNC(=O)CCNC(=O)Nc1cc(C(=O)N2CCC(c3ccc(C#N)cc3)CC2)ccc1C. The molecule has 0 bridgehead atoms. The van der Waals surface area contributed by atoms with E-state index >= 15 is 0 Å². The number of urea groups is 1. The Labute approximate surface area is 211 Å². The van der Waals surface area contributed by atoms with Gasteiger partial charge in [-0.2, -0.15) is 5.26 Å². The minimum atomic E-state index is -0.435. The van der Waals surface area contributed by atoms with E-state index in [4.69, 9.17) is 10.00 Å². The van der Waals surface area contributed by atoms with Crippen LogP contribution in [0.2, 0.25) is 0 Å². The molecule has 0 spiro atoms. The Morgan fingerprint density at radius 1 is 1.06 bits per heavy atom. The lowest BCUT2D eigenvalue weighted by atomic mass is 9.89. The number of amides is 4. The van der Waals surface area contributed by atoms with Crippen molar-refractivity contribution >= 4 is 23.5 Å². The first-order valence-electron chi connectivity index (χ1n) is 12.1. The van der Waals surface area contributed by atoms with Gasteiger partial charge in [0.05, 0.1) is 18.2 Å². The van der Waals surface area contributed by atoms with Crippen molar-refractivity contribution in [2.75, 3.05) is 45.2 Å². The molecule has 3 rings (SSSR count). The predicted molar refractivity (Wildman–Crippen MR) is 137 cm³/mol. The van der Waals surface area contributed by atoms with E-state index in [1.54, 1.807) is 19.2 Å². The van der Waals surface area contributed by atoms with Crippen LogP contribution in [0.3, 0.4) is 0 Å². The zero-order chi connectivity index (χ0) is 25.9. The van der Waals surface area contributed by atoms with E-state index in [1.807, 2.05) is 42.2 Å². The Balaban J connectivity index is 1.50. The molecule has 9 heteroatoms. The van der Waals surface area contributed by atoms with Gasteiger partial charge in [-0.05, 0) is 61.1 Å². The van der Waals surface area contributed by atoms with Gasteiger partial charge in [-0.25, -0.2) is 4.79 Å². The van der Waals surface area contributed by atoms with Crippen LogP contribution in [0.15, 0.2) is 42.5 Å². The van der Waals surface area contributed by atoms with Gasteiger partial charge in [0.15, 0.2) is 0 Å². The van der Waals surface area contributed by atoms with Crippen LogP contribution in [0.25, 0.3) is 0 Å². The quantitative estimate of drug-likeness (QED) is 0.465. The minimum Gasteiger partial charge on any atom is -0.383 e. The van der Waals surface area contributed by atoms with E-state index in [0.29, 0.717) is 49.0 Å². The number of nitrogens with one attached hydrogen (secondary N) is 3. The standard InChI is InChI=1S/C27H33N5O4/c1-19-3-6-23(17-24(19)31-27(35)30-12-9-25(33)29-13-16-36-2)26(34)32-14-10-22(11-15-32)21-7-4-20(18-28)5-8-21/h3-8,17,22H,9-16H2,1-2H3,(H,29,33)(H2,30,31,35). The zero-order valence-corrected chi connectivity index (χ0v) is 20.8. The fourth-order valence-electron chi connectivity index (χ4n) is 4.15. The molecular weight excluding hydrogens is 458 g/mol. The molecule has 0 radical (unpaired) electrons. The Hall–Kier alpha value is -3.90. The molecule has 0 aromatic heterocycles. The van der Waals surface area contributed by atoms with Gasteiger partial charge in [0.2, 0.25) is 5.91 Å². The van der Waals surface area contributed by atoms with Crippen LogP contribution in [0.5, 0.6) is 0 Å². The van der Waals surface area contributed by atoms with Crippen molar-refractivity contribution in [2.45, 2.75) is 32.1 Å². The largest absolute Gasteiger partial charge is 0.383 e. The number of carbonyl (C=O) groups is 3. The van der Waals surface area contributed by atoms with Crippen LogP contribution in [0.1, 0.15) is 52.2 Å². The maximum atomic E-state index is 13.1. The first-order valence-corrected chi connectivity index (χ1v) is 12.1. The van der Waals surface area contributed by atoms with Gasteiger partial charge in [0.25, 0.3) is 5.91 Å². The third-order valence-corrected chi connectivity index (χ3v) is 6.29. The summed E-state index contributed by atoms with van der Waals surface area (Å²) in [5.41, 5.74) is 3.74. The van der Waals surface area contributed by atoms with Gasteiger partial charge in [0.1, 0.15) is 0 Å². The minimum absolute atomic E-state index is 0.0653. The third-order valence-electron chi connectivity index (χ3n) is 6.29. The number of carbonyl (C=O) groups excluding carboxylic acids is 3. The van der Waals surface area contributed by atoms with Crippen molar-refractivity contribution in [3.63, 3.8) is 0 Å². The summed E-state index contributed by atoms with van der Waals surface area (Å²) in [6.45, 7) is 4.20. The Morgan fingerprint density at radius 3 is 2.44 bits per heavy atom. The number of likely N-dealkylation sites (tertiary alicyclic amines) is 1. The van der Waals surface area contributed by atoms with Gasteiger partial charge in [-0.15, -0.1) is 0 Å². The van der Waals surface area contributed by atoms with Crippen molar-refractivity contribution in [1.82, 2.24) is 15.5 Å². The highest BCUT2D eigenvalue weighted by molar-refractivity contribution is 5.97. The van der Waals surface area contributed by atoms with Crippen molar-refractivity contribution in [3.05, 3.63) is 64.7 Å². The lowest BCUT2D eigenvalue weighted by Crippen LogP contribution is -2.38. The van der Waals surface area contributed by atoms with Crippen molar-refractivity contribution in [3.8, 4) is 6.07 Å². The molecule has 36 heavy (non-hydrogen) atoms. The topological polar surface area (TPSA) is 124 Å². The van der Waals surface area contributed by atoms with Gasteiger partial charge in [-0.3, -0.25) is 9.59 Å². The van der Waals surface area contributed by atoms with E-state index in [1.165, 1.54) is 5.56 Å². The highest BCUT2D eigenvalue weighted by atomic mass is 16.5. The molecule has 4 amide bonds. The smallest absolute Gasteiger partial charge is 0.319 e. The molecular formula is C27H33N5O4. The average molecular weight is 492 g/mol. The van der Waals surface area contributed by atoms with E-state index in [2.05, 4.69) is 22.0 Å². The predicted octanol–water partition coefficient (Wildman–Crippen LogP) is 3.16. The Kier molecular flexibility index (Phi) is 9.83. The summed E-state index contributed by atoms with van der Waals surface area (Å²) in [7, 11) is 1.56. The molecule has 0 aliphatic carbocycles. The normalized spacial score (nSPS) is 13.5. The molecule has 9 nitrogen and oxygen atoms in total. The number of hydrogen-bond acceptors (Lipinski definition) is 5. The average Bonchev–Trinajstić information content (AvgIpc) is 2.90. The number of anilines is 1. The van der Waals surface area contributed by atoms with Crippen LogP contribution < -0.4 is 16.0 Å². The summed E-state index contributed by atoms with van der Waals surface area (Å²) in [6.07, 6.45) is 1.87. The zero-order valence-electron chi connectivity index (χ0n) is 20.8. The molecule has 1 fully saturated rings. The lowest BCUT2D eigenvalue weighted by Gasteiger charge is -2.32. The van der Waals surface area contributed by atoms with Crippen molar-refractivity contribution in [1.29, 1.82) is 5.26 Å². The van der Waals surface area contributed by atoms with E-state index in [-0.39, 0.29) is 24.8 Å². The van der Waals surface area contributed by atoms with E-state index in [0.717, 1.165) is 18.4 Å². The molecule has 0 atom stereocenters. The summed E-state index contributed by atoms with van der Waals surface area (Å²) >= 11 is 0. The van der Waals surface area contributed by atoms with Crippen LogP contribution in [0, 0.1) is 18.3 Å². The first kappa shape index (κ1) is 26.7. The number of rotatable bonds is 9. The lowest BCUT2D eigenvalue weighted by molar-refractivity contribution is -0.121. The van der Waals surface area contributed by atoms with Gasteiger partial charge in [-0.1, -0.05) is 18.2 Å². The molecule has 190 valence electrons. The second-order valence-corrected chi connectivity index (χ2v) is 8.80. The molecule has 2 aromatic carbocycles. The van der Waals surface area contributed by atoms with Crippen molar-refractivity contribution < 1.29 is 19.1 Å². The van der Waals surface area contributed by atoms with Crippen LogP contribution in [-0.2, 0) is 9.53 Å². The third kappa shape index (κ3) is 7.55. The Morgan fingerprint density at radius 2 is 1.78 bits per heavy atom. The number of methoxy groups -OCH3 is 1. The molecule has 1 heterocycles. The molecule has 2 aromatic rings. The highest BCUT2D eigenvalue weighted by Crippen LogP contribution is 2.29. The Bertz CT molecular complexity index is 1100. The first-order chi connectivity index (χ1) is 17.4. The molecule has 1 aliphatic heterocycles. The number of nitrogens with zero attached hydrogens (tertiary/aromatic N) is 2. The fraction of sp³-hybridized carbons (Fsp3) is 0.407. The second kappa shape index (κ2) is 13.3. The van der Waals surface area contributed by atoms with Gasteiger partial charge in [0, 0.05) is 51.0 Å². The number of hydrogen-bond donors (Lipinski definition) is 3. The summed E-state index contributed by atoms with van der Waals surface area (Å²) in [4.78, 5) is 39.0. The van der Waals surface area contributed by atoms with Crippen LogP contribution in [0.4, 0.5) is 10.5 Å². The highest BCUT2D eigenvalue weighted by Gasteiger charge is 2.25. The number of piperidine rings is 1. The summed E-state index contributed by atoms with van der Waals surface area (Å²) in [5, 5.41) is 17.1. The monoisotopic (exact) mass is 491 g/mol. The van der Waals surface area contributed by atoms with E-state index in [9.17, 15) is 14.4 Å². The van der Waals surface area contributed by atoms with Crippen LogP contribution >= 0.6 is 0 Å². The number of aryl methyl sites for hydroxylation is 1. The number of ether oxygens (including phenoxy) is 1. The second-order valence-electron chi connectivity index (χ2n) is 8.80. The summed E-state index contributed by atoms with van der Waals surface area (Å²) in [5.74, 6) is 0.131. The molecule has 0 saturated carbocycles. The van der Waals surface area contributed by atoms with Crippen LogP contribution in [-0.4, -0.2) is 62.6 Å². The molecule has 0 unspecified atom stereocenters. The fourth-order valence-corrected chi connectivity index (χ4v) is 4.15. The van der Waals surface area contributed by atoms with Gasteiger partial charge >= 0.3 is 6.03 Å². The molecule has 3 N–H and O–H groups in total. The van der Waals surface area contributed by atoms with E-state index < -0.39 is 6.03 Å². The number of nitriles is 1. The summed E-state index contributed by atoms with van der Waals surface area (Å²) in [6, 6.07) is 14.7. The molecule has 1 saturated heterocycles. The maximum absolute atomic E-state index is 13.1. The maximum Gasteiger partial charge on any atom is 0.319 e. The molecule has 1 aliphatic rings. The summed E-state index contributed by atoms with van der Waals surface area (Å²) < 4.78 is 4.88.